The molecule has 0 saturated heterocycles. The molecular weight excluding hydrogens is 363 g/mol. The molecule has 0 amide bonds. The maximum atomic E-state index is 12.2. The van der Waals surface area contributed by atoms with Gasteiger partial charge in [-0.3, -0.25) is 0 Å². The van der Waals surface area contributed by atoms with Crippen LogP contribution in [0.15, 0.2) is 52.0 Å². The number of rotatable bonds is 7. The van der Waals surface area contributed by atoms with Gasteiger partial charge in [0.1, 0.15) is 11.5 Å². The van der Waals surface area contributed by atoms with E-state index in [1.54, 1.807) is 12.1 Å². The monoisotopic (exact) mass is 379 g/mol. The number of alkyl halides is 3. The summed E-state index contributed by atoms with van der Waals surface area (Å²) in [5.41, 5.74) is -1.41. The van der Waals surface area contributed by atoms with Crippen LogP contribution in [0, 0.1) is 0 Å². The second-order valence-corrected chi connectivity index (χ2v) is 7.36. The Hall–Kier alpha value is -2.04. The van der Waals surface area contributed by atoms with Crippen molar-refractivity contribution in [2.24, 2.45) is 0 Å². The van der Waals surface area contributed by atoms with E-state index < -0.39 is 27.7 Å². The van der Waals surface area contributed by atoms with Gasteiger partial charge in [-0.05, 0) is 43.3 Å². The molecule has 2 aromatic rings. The first-order valence-electron chi connectivity index (χ1n) is 7.07. The van der Waals surface area contributed by atoms with Crippen LogP contribution in [0.2, 0.25) is 0 Å². The van der Waals surface area contributed by atoms with Gasteiger partial charge in [0.15, 0.2) is 0 Å². The number of nitrogens with one attached hydrogen (secondary N) is 1. The van der Waals surface area contributed by atoms with Crippen molar-refractivity contribution >= 4 is 10.0 Å². The zero-order valence-electron chi connectivity index (χ0n) is 13.1. The molecule has 0 saturated carbocycles. The van der Waals surface area contributed by atoms with Crippen LogP contribution < -0.4 is 9.46 Å². The molecule has 2 rings (SSSR count). The minimum Gasteiger partial charge on any atom is -0.469 e. The van der Waals surface area contributed by atoms with Gasteiger partial charge in [-0.1, -0.05) is 0 Å². The average molecular weight is 379 g/mol. The van der Waals surface area contributed by atoms with E-state index in [0.29, 0.717) is 5.76 Å². The maximum Gasteiger partial charge on any atom is 0.573 e. The largest absolute Gasteiger partial charge is 0.573 e. The zero-order valence-corrected chi connectivity index (χ0v) is 13.9. The lowest BCUT2D eigenvalue weighted by Gasteiger charge is -2.22. The van der Waals surface area contributed by atoms with Crippen molar-refractivity contribution in [1.29, 1.82) is 0 Å². The molecule has 0 aliphatic rings. The predicted octanol–water partition coefficient (Wildman–Crippen LogP) is 2.45. The Kier molecular flexibility index (Phi) is 5.45. The van der Waals surface area contributed by atoms with E-state index in [1.165, 1.54) is 13.2 Å². The number of hydrogen-bond donors (Lipinski definition) is 2. The fourth-order valence-electron chi connectivity index (χ4n) is 2.01. The Morgan fingerprint density at radius 1 is 1.20 bits per heavy atom. The number of aliphatic hydroxyl groups is 1. The summed E-state index contributed by atoms with van der Waals surface area (Å²) >= 11 is 0. The Bertz CT molecular complexity index is 784. The molecular formula is C15H16F3NO5S. The molecule has 2 N–H and O–H groups in total. The molecule has 1 atom stereocenters. The van der Waals surface area contributed by atoms with Crippen LogP contribution in [0.4, 0.5) is 13.2 Å². The van der Waals surface area contributed by atoms with Gasteiger partial charge < -0.3 is 14.3 Å². The fraction of sp³-hybridized carbons (Fsp3) is 0.333. The number of hydrogen-bond acceptors (Lipinski definition) is 5. The van der Waals surface area contributed by atoms with E-state index >= 15 is 0 Å². The summed E-state index contributed by atoms with van der Waals surface area (Å²) in [4.78, 5) is -0.254. The van der Waals surface area contributed by atoms with Crippen LogP contribution in [0.25, 0.3) is 0 Å². The minimum absolute atomic E-state index is 0.0842. The molecule has 0 bridgehead atoms. The first kappa shape index (κ1) is 19.3. The highest BCUT2D eigenvalue weighted by Crippen LogP contribution is 2.24. The zero-order chi connectivity index (χ0) is 18.7. The summed E-state index contributed by atoms with van der Waals surface area (Å²) in [5.74, 6) is -0.0471. The quantitative estimate of drug-likeness (QED) is 0.772. The van der Waals surface area contributed by atoms with Crippen LogP contribution in [0.1, 0.15) is 12.7 Å². The van der Waals surface area contributed by atoms with E-state index in [1.807, 2.05) is 0 Å². The van der Waals surface area contributed by atoms with Crippen LogP contribution in [-0.2, 0) is 16.4 Å². The number of ether oxygens (including phenoxy) is 1. The Balaban J connectivity index is 2.01. The lowest BCUT2D eigenvalue weighted by Crippen LogP contribution is -2.42. The summed E-state index contributed by atoms with van der Waals surface area (Å²) in [6, 6.07) is 7.02. The number of furan rings is 1. The Labute approximate surface area is 142 Å². The lowest BCUT2D eigenvalue weighted by molar-refractivity contribution is -0.274. The molecule has 6 nitrogen and oxygen atoms in total. The standard InChI is InChI=1S/C15H16F3NO5S/c1-14(20,9-12-3-2-8-23-12)10-19-25(21,22)13-6-4-11(5-7-13)24-15(16,17)18/h2-8,19-20H,9-10H2,1H3/t14-/m0/s1. The molecule has 0 unspecified atom stereocenters. The molecule has 0 aliphatic heterocycles. The first-order chi connectivity index (χ1) is 11.5. The molecule has 1 heterocycles. The minimum atomic E-state index is -4.86. The summed E-state index contributed by atoms with van der Waals surface area (Å²) < 4.78 is 71.6. The maximum absolute atomic E-state index is 12.2. The Morgan fingerprint density at radius 3 is 2.36 bits per heavy atom. The van der Waals surface area contributed by atoms with Crippen LogP contribution >= 0.6 is 0 Å². The van der Waals surface area contributed by atoms with Gasteiger partial charge in [0.2, 0.25) is 10.0 Å². The van der Waals surface area contributed by atoms with Gasteiger partial charge >= 0.3 is 6.36 Å². The van der Waals surface area contributed by atoms with Crippen molar-refractivity contribution < 1.29 is 35.8 Å². The van der Waals surface area contributed by atoms with E-state index in [-0.39, 0.29) is 17.9 Å². The third-order valence-electron chi connectivity index (χ3n) is 3.15. The van der Waals surface area contributed by atoms with E-state index in [0.717, 1.165) is 24.3 Å². The van der Waals surface area contributed by atoms with Crippen molar-refractivity contribution in [2.45, 2.75) is 30.2 Å². The molecule has 0 aliphatic carbocycles. The van der Waals surface area contributed by atoms with Crippen molar-refractivity contribution in [1.82, 2.24) is 4.72 Å². The SMILES string of the molecule is C[C@@](O)(CNS(=O)(=O)c1ccc(OC(F)(F)F)cc1)Cc1ccco1. The fourth-order valence-corrected chi connectivity index (χ4v) is 3.17. The molecule has 1 aromatic heterocycles. The van der Waals surface area contributed by atoms with E-state index in [4.69, 9.17) is 4.42 Å². The van der Waals surface area contributed by atoms with Gasteiger partial charge in [-0.2, -0.15) is 0 Å². The van der Waals surface area contributed by atoms with Gasteiger partial charge in [0.05, 0.1) is 16.8 Å². The summed E-state index contributed by atoms with van der Waals surface area (Å²) in [5, 5.41) is 10.2. The van der Waals surface area contributed by atoms with Crippen LogP contribution in [0.3, 0.4) is 0 Å². The smallest absolute Gasteiger partial charge is 0.469 e. The molecule has 1 aromatic carbocycles. The molecule has 10 heteroatoms. The van der Waals surface area contributed by atoms with Gasteiger partial charge in [0.25, 0.3) is 0 Å². The van der Waals surface area contributed by atoms with Gasteiger partial charge in [-0.25, -0.2) is 13.1 Å². The third-order valence-corrected chi connectivity index (χ3v) is 4.56. The van der Waals surface area contributed by atoms with E-state index in [9.17, 15) is 26.7 Å². The van der Waals surface area contributed by atoms with E-state index in [2.05, 4.69) is 9.46 Å². The van der Waals surface area contributed by atoms with Crippen LogP contribution in [-0.4, -0.2) is 32.0 Å². The highest BCUT2D eigenvalue weighted by molar-refractivity contribution is 7.89. The van der Waals surface area contributed by atoms with Gasteiger partial charge in [0, 0.05) is 13.0 Å². The first-order valence-corrected chi connectivity index (χ1v) is 8.55. The summed E-state index contributed by atoms with van der Waals surface area (Å²) in [7, 11) is -4.01. The molecule has 0 radical (unpaired) electrons. The lowest BCUT2D eigenvalue weighted by atomic mass is 10.0. The van der Waals surface area contributed by atoms with Crippen LogP contribution in [0.5, 0.6) is 5.75 Å². The second kappa shape index (κ2) is 7.06. The number of benzene rings is 1. The summed E-state index contributed by atoms with van der Waals surface area (Å²) in [6.45, 7) is 1.12. The third kappa shape index (κ3) is 6.07. The topological polar surface area (TPSA) is 88.8 Å². The second-order valence-electron chi connectivity index (χ2n) is 5.60. The highest BCUT2D eigenvalue weighted by atomic mass is 32.2. The van der Waals surface area contributed by atoms with Gasteiger partial charge in [-0.15, -0.1) is 13.2 Å². The normalized spacial score (nSPS) is 14.9. The number of sulfonamides is 1. The molecule has 0 fully saturated rings. The van der Waals surface area contributed by atoms with Crippen molar-refractivity contribution in [3.8, 4) is 5.75 Å². The molecule has 25 heavy (non-hydrogen) atoms. The van der Waals surface area contributed by atoms with Crippen molar-refractivity contribution in [2.75, 3.05) is 6.54 Å². The highest BCUT2D eigenvalue weighted by Gasteiger charge is 2.31. The predicted molar refractivity (Wildman–Crippen MR) is 81.3 cm³/mol. The Morgan fingerprint density at radius 2 is 1.84 bits per heavy atom. The van der Waals surface area contributed by atoms with Crippen molar-refractivity contribution in [3.63, 3.8) is 0 Å². The molecule has 138 valence electrons. The molecule has 0 spiro atoms. The average Bonchev–Trinajstić information content (AvgIpc) is 2.96. The summed E-state index contributed by atoms with van der Waals surface area (Å²) in [6.07, 6.45) is -3.34. The van der Waals surface area contributed by atoms with Crippen molar-refractivity contribution in [3.05, 3.63) is 48.4 Å². The number of halogens is 3.